The molecule has 0 saturated carbocycles. The number of halogens is 1. The molecule has 5 N–H and O–H groups in total. The monoisotopic (exact) mass is 436 g/mol. The van der Waals surface area contributed by atoms with Crippen molar-refractivity contribution >= 4 is 23.9 Å². The van der Waals surface area contributed by atoms with Gasteiger partial charge >= 0.3 is 23.9 Å². The van der Waals surface area contributed by atoms with E-state index >= 15 is 0 Å². The second-order valence-corrected chi connectivity index (χ2v) is 6.64. The van der Waals surface area contributed by atoms with Crippen LogP contribution in [0.25, 0.3) is 11.1 Å². The molecule has 0 aliphatic heterocycles. The van der Waals surface area contributed by atoms with Gasteiger partial charge in [-0.05, 0) is 24.1 Å². The van der Waals surface area contributed by atoms with Gasteiger partial charge in [-0.1, -0.05) is 42.5 Å². The van der Waals surface area contributed by atoms with Gasteiger partial charge in [-0.15, -0.1) is 0 Å². The van der Waals surface area contributed by atoms with E-state index < -0.39 is 54.1 Å². The normalized spacial score (nSPS) is 11.6. The largest absolute Gasteiger partial charge is 0.481 e. The molecule has 0 radical (unpaired) electrons. The third kappa shape index (κ3) is 7.52. The fourth-order valence-corrected chi connectivity index (χ4v) is 2.51. The average Bonchev–Trinajstić information content (AvgIpc) is 2.67. The molecular weight excluding hydrogens is 415 g/mol. The van der Waals surface area contributed by atoms with Crippen LogP contribution in [0.3, 0.4) is 0 Å². The van der Waals surface area contributed by atoms with Gasteiger partial charge in [0.1, 0.15) is 5.82 Å². The van der Waals surface area contributed by atoms with Crippen LogP contribution in [0.2, 0.25) is 0 Å². The molecule has 1 unspecified atom stereocenters. The first kappa shape index (κ1) is 25.2. The summed E-state index contributed by atoms with van der Waals surface area (Å²) in [4.78, 5) is 41.3. The van der Waals surface area contributed by atoms with E-state index in [0.29, 0.717) is 11.1 Å². The van der Waals surface area contributed by atoms with E-state index in [1.807, 2.05) is 30.3 Å². The molecule has 0 bridgehead atoms. The summed E-state index contributed by atoms with van der Waals surface area (Å²) in [6.45, 7) is 1.54. The second kappa shape index (κ2) is 10.8. The van der Waals surface area contributed by atoms with Crippen molar-refractivity contribution in [3.8, 4) is 11.1 Å². The van der Waals surface area contributed by atoms with Gasteiger partial charge in [0.15, 0.2) is 5.60 Å². The van der Waals surface area contributed by atoms with Crippen LogP contribution >= 0.6 is 0 Å². The van der Waals surface area contributed by atoms with Crippen LogP contribution < -0.4 is 0 Å². The number of aliphatic carboxylic acids is 4. The van der Waals surface area contributed by atoms with E-state index in [1.54, 1.807) is 19.1 Å². The Morgan fingerprint density at radius 1 is 0.903 bits per heavy atom. The van der Waals surface area contributed by atoms with Gasteiger partial charge in [0.25, 0.3) is 0 Å². The molecule has 10 heteroatoms. The number of carboxylic acid groups (broad SMARTS) is 4. The van der Waals surface area contributed by atoms with E-state index in [2.05, 4.69) is 0 Å². The van der Waals surface area contributed by atoms with Crippen molar-refractivity contribution in [3.63, 3.8) is 0 Å². The van der Waals surface area contributed by atoms with Crippen molar-refractivity contribution in [1.82, 2.24) is 0 Å². The Labute approximate surface area is 176 Å². The van der Waals surface area contributed by atoms with Crippen molar-refractivity contribution in [2.45, 2.75) is 31.3 Å². The quantitative estimate of drug-likeness (QED) is 0.417. The van der Waals surface area contributed by atoms with Gasteiger partial charge in [0.2, 0.25) is 0 Å². The minimum atomic E-state index is -2.74. The molecule has 0 aromatic heterocycles. The molecule has 0 fully saturated rings. The maximum atomic E-state index is 14.0. The number of hydrogen-bond acceptors (Lipinski definition) is 5. The minimum absolute atomic E-state index is 0.396. The number of aliphatic hydroxyl groups is 1. The van der Waals surface area contributed by atoms with E-state index in [1.165, 1.54) is 6.07 Å². The van der Waals surface area contributed by atoms with Gasteiger partial charge < -0.3 is 25.5 Å². The summed E-state index contributed by atoms with van der Waals surface area (Å²) < 4.78 is 14.0. The van der Waals surface area contributed by atoms with Crippen LogP contribution in [0.1, 0.15) is 31.2 Å². The second-order valence-electron chi connectivity index (χ2n) is 6.64. The smallest absolute Gasteiger partial charge is 0.336 e. The highest BCUT2D eigenvalue weighted by molar-refractivity contribution is 5.88. The zero-order valence-electron chi connectivity index (χ0n) is 16.4. The van der Waals surface area contributed by atoms with Crippen LogP contribution in [-0.2, 0) is 19.2 Å². The molecule has 0 saturated heterocycles. The van der Waals surface area contributed by atoms with Gasteiger partial charge in [0.05, 0.1) is 18.8 Å². The maximum Gasteiger partial charge on any atom is 0.336 e. The van der Waals surface area contributed by atoms with Crippen molar-refractivity contribution in [3.05, 3.63) is 59.9 Å². The maximum absolute atomic E-state index is 14.0. The Balaban J connectivity index is 0.000000330. The molecule has 2 aromatic rings. The van der Waals surface area contributed by atoms with Gasteiger partial charge in [-0.3, -0.25) is 14.4 Å². The zero-order chi connectivity index (χ0) is 23.8. The fraction of sp³-hybridized carbons (Fsp3) is 0.238. The van der Waals surface area contributed by atoms with Crippen LogP contribution in [0, 0.1) is 5.82 Å². The molecular formula is C21H21FO9. The summed E-state index contributed by atoms with van der Waals surface area (Å²) >= 11 is 0. The summed E-state index contributed by atoms with van der Waals surface area (Å²) in [5.41, 5.74) is -1.00. The summed E-state index contributed by atoms with van der Waals surface area (Å²) in [5.74, 6) is -7.08. The van der Waals surface area contributed by atoms with Crippen LogP contribution in [0.4, 0.5) is 4.39 Å². The first-order chi connectivity index (χ1) is 14.4. The number of hydrogen-bond donors (Lipinski definition) is 5. The Morgan fingerprint density at radius 3 is 1.81 bits per heavy atom. The van der Waals surface area contributed by atoms with Crippen molar-refractivity contribution in [1.29, 1.82) is 0 Å². The molecule has 2 rings (SSSR count). The molecule has 1 atom stereocenters. The molecule has 0 spiro atoms. The van der Waals surface area contributed by atoms with Crippen molar-refractivity contribution in [2.75, 3.05) is 0 Å². The first-order valence-corrected chi connectivity index (χ1v) is 8.84. The summed E-state index contributed by atoms with van der Waals surface area (Å²) in [7, 11) is 0. The first-order valence-electron chi connectivity index (χ1n) is 8.84. The number of carboxylic acids is 4. The molecule has 166 valence electrons. The Hall–Kier alpha value is -3.79. The van der Waals surface area contributed by atoms with E-state index in [4.69, 9.17) is 25.5 Å². The molecule has 2 aromatic carbocycles. The molecule has 0 aliphatic rings. The van der Waals surface area contributed by atoms with Gasteiger partial charge in [-0.2, -0.15) is 0 Å². The highest BCUT2D eigenvalue weighted by Crippen LogP contribution is 2.26. The molecule has 31 heavy (non-hydrogen) atoms. The van der Waals surface area contributed by atoms with E-state index in [-0.39, 0.29) is 0 Å². The SMILES string of the molecule is CC(C(=O)O)c1ccc(-c2ccccc2)c(F)c1.O=C(O)CC(O)(CC(=O)O)C(=O)O. The Bertz CT molecular complexity index is 941. The number of benzene rings is 2. The average molecular weight is 436 g/mol. The van der Waals surface area contributed by atoms with Gasteiger partial charge in [0, 0.05) is 5.56 Å². The highest BCUT2D eigenvalue weighted by atomic mass is 19.1. The van der Waals surface area contributed by atoms with Crippen molar-refractivity contribution in [2.24, 2.45) is 0 Å². The summed E-state index contributed by atoms with van der Waals surface area (Å²) in [6.07, 6.45) is -2.29. The lowest BCUT2D eigenvalue weighted by Crippen LogP contribution is -2.42. The van der Waals surface area contributed by atoms with Crippen LogP contribution in [0.5, 0.6) is 0 Å². The molecule has 0 amide bonds. The van der Waals surface area contributed by atoms with Gasteiger partial charge in [-0.25, -0.2) is 9.18 Å². The standard InChI is InChI=1S/C15H13FO2.C6H8O7/c1-10(15(17)18)12-7-8-13(14(16)9-12)11-5-3-2-4-6-11;7-3(8)1-6(13,5(11)12)2-4(9)10/h2-10H,1H3,(H,17,18);13H,1-2H2,(H,7,8)(H,9,10)(H,11,12). The fourth-order valence-electron chi connectivity index (χ4n) is 2.51. The van der Waals surface area contributed by atoms with E-state index in [9.17, 15) is 23.6 Å². The predicted octanol–water partition coefficient (Wildman–Crippen LogP) is 2.43. The lowest BCUT2D eigenvalue weighted by molar-refractivity contribution is -0.170. The highest BCUT2D eigenvalue weighted by Gasteiger charge is 2.40. The minimum Gasteiger partial charge on any atom is -0.481 e. The van der Waals surface area contributed by atoms with Crippen LogP contribution in [0.15, 0.2) is 48.5 Å². The lowest BCUT2D eigenvalue weighted by Gasteiger charge is -2.18. The third-order valence-electron chi connectivity index (χ3n) is 4.23. The predicted molar refractivity (Wildman–Crippen MR) is 105 cm³/mol. The van der Waals surface area contributed by atoms with Crippen molar-refractivity contribution < 1.29 is 49.1 Å². The molecule has 9 nitrogen and oxygen atoms in total. The van der Waals surface area contributed by atoms with Crippen LogP contribution in [-0.4, -0.2) is 55.0 Å². The topological polar surface area (TPSA) is 169 Å². The molecule has 0 aliphatic carbocycles. The third-order valence-corrected chi connectivity index (χ3v) is 4.23. The molecule has 0 heterocycles. The Kier molecular flexibility index (Phi) is 8.82. The number of carbonyl (C=O) groups is 4. The number of rotatable bonds is 8. The lowest BCUT2D eigenvalue weighted by atomic mass is 9.96. The van der Waals surface area contributed by atoms with E-state index in [0.717, 1.165) is 5.56 Å². The Morgan fingerprint density at radius 2 is 1.42 bits per heavy atom. The zero-order valence-corrected chi connectivity index (χ0v) is 16.4. The summed E-state index contributed by atoms with van der Waals surface area (Å²) in [6, 6.07) is 13.7. The summed E-state index contributed by atoms with van der Waals surface area (Å²) in [5, 5.41) is 42.7.